The lowest BCUT2D eigenvalue weighted by molar-refractivity contribution is -0.143. The molecule has 2 heterocycles. The Bertz CT molecular complexity index is 1040. The van der Waals surface area contributed by atoms with Crippen LogP contribution in [0.2, 0.25) is 0 Å². The number of benzene rings is 2. The number of ether oxygens (including phenoxy) is 1. The first-order chi connectivity index (χ1) is 12.5. The number of rotatable bonds is 2. The maximum absolute atomic E-state index is 12.9. The third-order valence-electron chi connectivity index (χ3n) is 4.44. The molecule has 6 nitrogen and oxygen atoms in total. The molecule has 26 heavy (non-hydrogen) atoms. The second-order valence-electron chi connectivity index (χ2n) is 6.42. The largest absolute Gasteiger partial charge is 0.466 e. The predicted molar refractivity (Wildman–Crippen MR) is 99.2 cm³/mol. The number of anilines is 2. The number of amides is 2. The number of aromatic nitrogens is 1. The van der Waals surface area contributed by atoms with Gasteiger partial charge in [-0.05, 0) is 43.7 Å². The number of carbonyl (C=O) groups is 2. The van der Waals surface area contributed by atoms with E-state index in [1.165, 1.54) is 6.92 Å². The van der Waals surface area contributed by atoms with Crippen molar-refractivity contribution in [2.45, 2.75) is 19.4 Å². The molecule has 2 aromatic carbocycles. The van der Waals surface area contributed by atoms with E-state index in [0.717, 1.165) is 10.9 Å². The molecular weight excluding hydrogens is 330 g/mol. The first-order valence-electron chi connectivity index (χ1n) is 8.24. The second-order valence-corrected chi connectivity index (χ2v) is 6.42. The zero-order chi connectivity index (χ0) is 18.3. The first-order valence-corrected chi connectivity index (χ1v) is 8.24. The van der Waals surface area contributed by atoms with Gasteiger partial charge in [0, 0.05) is 11.6 Å². The molecule has 0 fully saturated rings. The molecule has 0 aliphatic carbocycles. The van der Waals surface area contributed by atoms with E-state index < -0.39 is 17.4 Å². The molecule has 0 bridgehead atoms. The van der Waals surface area contributed by atoms with Crippen molar-refractivity contribution in [2.24, 2.45) is 0 Å². The summed E-state index contributed by atoms with van der Waals surface area (Å²) in [5, 5.41) is 6.43. The lowest BCUT2D eigenvalue weighted by Gasteiger charge is -2.33. The van der Waals surface area contributed by atoms with Crippen LogP contribution in [0.25, 0.3) is 10.9 Å². The Balaban J connectivity index is 1.67. The summed E-state index contributed by atoms with van der Waals surface area (Å²) >= 11 is 0. The van der Waals surface area contributed by atoms with Crippen LogP contribution >= 0.6 is 0 Å². The molecule has 0 saturated carbocycles. The fourth-order valence-electron chi connectivity index (χ4n) is 2.93. The fraction of sp³-hybridized carbons (Fsp3) is 0.150. The Labute approximate surface area is 150 Å². The predicted octanol–water partition coefficient (Wildman–Crippen LogP) is 3.27. The van der Waals surface area contributed by atoms with Crippen molar-refractivity contribution in [3.63, 3.8) is 0 Å². The van der Waals surface area contributed by atoms with Gasteiger partial charge in [-0.2, -0.15) is 0 Å². The van der Waals surface area contributed by atoms with E-state index in [0.29, 0.717) is 22.6 Å². The van der Waals surface area contributed by atoms with Crippen LogP contribution in [-0.4, -0.2) is 22.4 Å². The molecule has 1 aliphatic rings. The Morgan fingerprint density at radius 2 is 2.00 bits per heavy atom. The number of aryl methyl sites for hydroxylation is 1. The summed E-state index contributed by atoms with van der Waals surface area (Å²) in [6.45, 7) is 3.37. The van der Waals surface area contributed by atoms with Crippen molar-refractivity contribution in [3.05, 3.63) is 60.3 Å². The highest BCUT2D eigenvalue weighted by Crippen LogP contribution is 2.35. The zero-order valence-corrected chi connectivity index (χ0v) is 14.4. The summed E-state index contributed by atoms with van der Waals surface area (Å²) in [4.78, 5) is 29.8. The summed E-state index contributed by atoms with van der Waals surface area (Å²) in [6, 6.07) is 14.6. The van der Waals surface area contributed by atoms with Crippen LogP contribution in [0, 0.1) is 6.92 Å². The minimum absolute atomic E-state index is 0.462. The van der Waals surface area contributed by atoms with Crippen molar-refractivity contribution in [2.75, 3.05) is 10.6 Å². The number of pyridine rings is 1. The van der Waals surface area contributed by atoms with E-state index in [4.69, 9.17) is 4.74 Å². The molecular formula is C20H17N3O3. The van der Waals surface area contributed by atoms with Gasteiger partial charge in [-0.1, -0.05) is 24.3 Å². The van der Waals surface area contributed by atoms with Crippen molar-refractivity contribution >= 4 is 34.1 Å². The third kappa shape index (κ3) is 2.56. The summed E-state index contributed by atoms with van der Waals surface area (Å²) in [5.41, 5.74) is 1.05. The molecule has 130 valence electrons. The maximum Gasteiger partial charge on any atom is 0.278 e. The molecule has 0 unspecified atom stereocenters. The van der Waals surface area contributed by atoms with Crippen LogP contribution in [0.5, 0.6) is 5.75 Å². The summed E-state index contributed by atoms with van der Waals surface area (Å²) < 4.78 is 5.79. The number of fused-ring (bicyclic) bond motifs is 2. The Morgan fingerprint density at radius 3 is 2.85 bits per heavy atom. The van der Waals surface area contributed by atoms with Crippen molar-refractivity contribution in [1.82, 2.24) is 4.98 Å². The van der Waals surface area contributed by atoms with Gasteiger partial charge in [0.05, 0.1) is 16.9 Å². The minimum Gasteiger partial charge on any atom is -0.466 e. The third-order valence-corrected chi connectivity index (χ3v) is 4.44. The van der Waals surface area contributed by atoms with E-state index in [9.17, 15) is 9.59 Å². The highest BCUT2D eigenvalue weighted by Gasteiger charge is 2.47. The molecule has 0 radical (unpaired) electrons. The standard InChI is InChI=1S/C20H17N3O3/c1-12-8-9-16-15(11-12)23-19(25)20(2,26-16)18(24)22-14-7-3-5-13-6-4-10-21-17(13)14/h3-11H,1-2H3,(H,22,24)(H,23,25)/t20-/m0/s1. The van der Waals surface area contributed by atoms with Gasteiger partial charge in [0.1, 0.15) is 5.75 Å². The SMILES string of the molecule is Cc1ccc2c(c1)NC(=O)[C@](C)(C(=O)Nc1cccc3cccnc13)O2. The minimum atomic E-state index is -1.68. The summed E-state index contributed by atoms with van der Waals surface area (Å²) in [6.07, 6.45) is 1.65. The fourth-order valence-corrected chi connectivity index (χ4v) is 2.93. The van der Waals surface area contributed by atoms with Crippen LogP contribution in [0.4, 0.5) is 11.4 Å². The van der Waals surface area contributed by atoms with Gasteiger partial charge in [-0.25, -0.2) is 0 Å². The monoisotopic (exact) mass is 347 g/mol. The maximum atomic E-state index is 12.9. The number of carbonyl (C=O) groups excluding carboxylic acids is 2. The molecule has 2 amide bonds. The van der Waals surface area contributed by atoms with E-state index in [1.54, 1.807) is 24.4 Å². The highest BCUT2D eigenvalue weighted by molar-refractivity contribution is 6.20. The van der Waals surface area contributed by atoms with Gasteiger partial charge < -0.3 is 15.4 Å². The van der Waals surface area contributed by atoms with Crippen molar-refractivity contribution in [1.29, 1.82) is 0 Å². The number of para-hydroxylation sites is 1. The van der Waals surface area contributed by atoms with Crippen molar-refractivity contribution in [3.8, 4) is 5.75 Å². The number of nitrogens with zero attached hydrogens (tertiary/aromatic N) is 1. The summed E-state index contributed by atoms with van der Waals surface area (Å²) in [7, 11) is 0. The molecule has 0 spiro atoms. The van der Waals surface area contributed by atoms with Gasteiger partial charge >= 0.3 is 0 Å². The highest BCUT2D eigenvalue weighted by atomic mass is 16.5. The second kappa shape index (κ2) is 5.84. The molecule has 4 rings (SSSR count). The van der Waals surface area contributed by atoms with Gasteiger partial charge in [0.2, 0.25) is 0 Å². The lowest BCUT2D eigenvalue weighted by Crippen LogP contribution is -2.56. The quantitative estimate of drug-likeness (QED) is 0.697. The first kappa shape index (κ1) is 16.1. The van der Waals surface area contributed by atoms with E-state index in [1.807, 2.05) is 37.3 Å². The smallest absolute Gasteiger partial charge is 0.278 e. The Kier molecular flexibility index (Phi) is 3.61. The number of hydrogen-bond acceptors (Lipinski definition) is 4. The van der Waals surface area contributed by atoms with Crippen LogP contribution < -0.4 is 15.4 Å². The lowest BCUT2D eigenvalue weighted by atomic mass is 10.0. The van der Waals surface area contributed by atoms with Crippen LogP contribution in [0.1, 0.15) is 12.5 Å². The van der Waals surface area contributed by atoms with Crippen molar-refractivity contribution < 1.29 is 14.3 Å². The molecule has 1 atom stereocenters. The molecule has 0 saturated heterocycles. The Hall–Kier alpha value is -3.41. The average molecular weight is 347 g/mol. The van der Waals surface area contributed by atoms with E-state index in [2.05, 4.69) is 15.6 Å². The van der Waals surface area contributed by atoms with Gasteiger partial charge in [-0.3, -0.25) is 14.6 Å². The topological polar surface area (TPSA) is 80.3 Å². The van der Waals surface area contributed by atoms with Gasteiger partial charge in [0.25, 0.3) is 17.4 Å². The van der Waals surface area contributed by atoms with Gasteiger partial charge in [0.15, 0.2) is 0 Å². The van der Waals surface area contributed by atoms with Crippen LogP contribution in [-0.2, 0) is 9.59 Å². The van der Waals surface area contributed by atoms with Gasteiger partial charge in [-0.15, -0.1) is 0 Å². The molecule has 3 aromatic rings. The molecule has 2 N–H and O–H groups in total. The molecule has 1 aliphatic heterocycles. The summed E-state index contributed by atoms with van der Waals surface area (Å²) in [5.74, 6) is -0.607. The normalized spacial score (nSPS) is 18.6. The van der Waals surface area contributed by atoms with Crippen LogP contribution in [0.15, 0.2) is 54.7 Å². The van der Waals surface area contributed by atoms with E-state index in [-0.39, 0.29) is 0 Å². The number of hydrogen-bond donors (Lipinski definition) is 2. The molecule has 1 aromatic heterocycles. The Morgan fingerprint density at radius 1 is 1.19 bits per heavy atom. The number of nitrogens with one attached hydrogen (secondary N) is 2. The molecule has 6 heteroatoms. The average Bonchev–Trinajstić information content (AvgIpc) is 2.63. The van der Waals surface area contributed by atoms with Crippen LogP contribution in [0.3, 0.4) is 0 Å². The zero-order valence-electron chi connectivity index (χ0n) is 14.4. The van der Waals surface area contributed by atoms with E-state index >= 15 is 0 Å².